The molecule has 0 aromatic carbocycles. The van der Waals surface area contributed by atoms with Crippen molar-refractivity contribution in [2.75, 3.05) is 35.8 Å². The lowest BCUT2D eigenvalue weighted by atomic mass is 10.3. The zero-order valence-corrected chi connectivity index (χ0v) is 15.0. The maximum Gasteiger partial charge on any atom is 0.302 e. The van der Waals surface area contributed by atoms with E-state index in [1.165, 1.54) is 4.31 Å². The Morgan fingerprint density at radius 2 is 1.88 bits per heavy atom. The highest BCUT2D eigenvalue weighted by Gasteiger charge is 2.26. The largest absolute Gasteiger partial charge is 0.339 e. The van der Waals surface area contributed by atoms with Gasteiger partial charge in [-0.25, -0.2) is 15.0 Å². The Labute approximate surface area is 148 Å². The third kappa shape index (κ3) is 4.43. The van der Waals surface area contributed by atoms with E-state index in [4.69, 9.17) is 0 Å². The van der Waals surface area contributed by atoms with Crippen LogP contribution in [0.15, 0.2) is 36.7 Å². The standard InChI is InChI=1S/C16H22N6O2S/c1-2-14-6-3-7-15(19-14)20-25(23,24)22-11-5-10-21(12-13-22)16-17-8-4-9-18-16/h3-4,6-9H,2,5,10-13H2,1H3,(H,19,20). The van der Waals surface area contributed by atoms with Crippen molar-refractivity contribution in [1.82, 2.24) is 19.3 Å². The van der Waals surface area contributed by atoms with Crippen LogP contribution in [0, 0.1) is 0 Å². The Morgan fingerprint density at radius 1 is 1.08 bits per heavy atom. The summed E-state index contributed by atoms with van der Waals surface area (Å²) in [6.45, 7) is 4.08. The molecule has 0 aliphatic carbocycles. The lowest BCUT2D eigenvalue weighted by Gasteiger charge is -2.22. The molecular formula is C16H22N6O2S. The zero-order chi connectivity index (χ0) is 17.7. The third-order valence-electron chi connectivity index (χ3n) is 4.03. The molecule has 0 spiro atoms. The summed E-state index contributed by atoms with van der Waals surface area (Å²) in [5.74, 6) is 0.985. The summed E-state index contributed by atoms with van der Waals surface area (Å²) in [4.78, 5) is 14.8. The highest BCUT2D eigenvalue weighted by molar-refractivity contribution is 7.90. The summed E-state index contributed by atoms with van der Waals surface area (Å²) < 4.78 is 29.4. The van der Waals surface area contributed by atoms with Gasteiger partial charge in [-0.2, -0.15) is 12.7 Å². The minimum absolute atomic E-state index is 0.354. The van der Waals surface area contributed by atoms with Crippen molar-refractivity contribution < 1.29 is 8.42 Å². The van der Waals surface area contributed by atoms with Crippen LogP contribution >= 0.6 is 0 Å². The highest BCUT2D eigenvalue weighted by atomic mass is 32.2. The molecule has 1 N–H and O–H groups in total. The topological polar surface area (TPSA) is 91.3 Å². The normalized spacial score (nSPS) is 16.4. The molecule has 0 saturated carbocycles. The fourth-order valence-corrected chi connectivity index (χ4v) is 3.92. The fraction of sp³-hybridized carbons (Fsp3) is 0.438. The minimum Gasteiger partial charge on any atom is -0.339 e. The predicted molar refractivity (Wildman–Crippen MR) is 96.6 cm³/mol. The van der Waals surface area contributed by atoms with Gasteiger partial charge >= 0.3 is 10.2 Å². The van der Waals surface area contributed by atoms with Gasteiger partial charge in [0.15, 0.2) is 0 Å². The average Bonchev–Trinajstić information content (AvgIpc) is 2.89. The summed E-state index contributed by atoms with van der Waals surface area (Å²) in [7, 11) is -3.64. The fourth-order valence-electron chi connectivity index (χ4n) is 2.72. The predicted octanol–water partition coefficient (Wildman–Crippen LogP) is 1.30. The van der Waals surface area contributed by atoms with Crippen molar-refractivity contribution in [3.8, 4) is 0 Å². The lowest BCUT2D eigenvalue weighted by Crippen LogP contribution is -2.39. The van der Waals surface area contributed by atoms with E-state index in [2.05, 4.69) is 19.7 Å². The van der Waals surface area contributed by atoms with Gasteiger partial charge in [0.2, 0.25) is 5.95 Å². The van der Waals surface area contributed by atoms with Crippen LogP contribution in [0.3, 0.4) is 0 Å². The van der Waals surface area contributed by atoms with E-state index in [9.17, 15) is 8.42 Å². The second-order valence-corrected chi connectivity index (χ2v) is 7.43. The first-order valence-corrected chi connectivity index (χ1v) is 9.78. The highest BCUT2D eigenvalue weighted by Crippen LogP contribution is 2.15. The van der Waals surface area contributed by atoms with Gasteiger partial charge in [0, 0.05) is 44.3 Å². The molecule has 0 amide bonds. The van der Waals surface area contributed by atoms with Gasteiger partial charge in [-0.1, -0.05) is 13.0 Å². The van der Waals surface area contributed by atoms with Crippen molar-refractivity contribution in [3.05, 3.63) is 42.4 Å². The van der Waals surface area contributed by atoms with Crippen LogP contribution in [-0.2, 0) is 16.6 Å². The molecule has 1 saturated heterocycles. The Morgan fingerprint density at radius 3 is 2.64 bits per heavy atom. The monoisotopic (exact) mass is 362 g/mol. The Bertz CT molecular complexity index is 799. The van der Waals surface area contributed by atoms with Gasteiger partial charge in [0.1, 0.15) is 5.82 Å². The Balaban J connectivity index is 1.68. The third-order valence-corrected chi connectivity index (χ3v) is 5.54. The van der Waals surface area contributed by atoms with E-state index in [0.717, 1.165) is 18.7 Å². The van der Waals surface area contributed by atoms with Crippen LogP contribution in [0.2, 0.25) is 0 Å². The Hall–Kier alpha value is -2.26. The van der Waals surface area contributed by atoms with Crippen LogP contribution in [0.5, 0.6) is 0 Å². The van der Waals surface area contributed by atoms with Gasteiger partial charge in [-0.3, -0.25) is 4.72 Å². The van der Waals surface area contributed by atoms with Crippen molar-refractivity contribution >= 4 is 22.0 Å². The number of anilines is 2. The number of aromatic nitrogens is 3. The number of pyridine rings is 1. The number of nitrogens with zero attached hydrogens (tertiary/aromatic N) is 5. The summed E-state index contributed by atoms with van der Waals surface area (Å²) in [5, 5.41) is 0. The maximum atomic E-state index is 12.7. The van der Waals surface area contributed by atoms with E-state index in [-0.39, 0.29) is 0 Å². The van der Waals surface area contributed by atoms with Crippen LogP contribution in [-0.4, -0.2) is 53.9 Å². The summed E-state index contributed by atoms with van der Waals surface area (Å²) in [5.41, 5.74) is 0.850. The molecule has 3 rings (SSSR count). The molecule has 0 radical (unpaired) electrons. The molecule has 0 bridgehead atoms. The van der Waals surface area contributed by atoms with E-state index in [1.54, 1.807) is 30.6 Å². The number of aryl methyl sites for hydroxylation is 1. The summed E-state index contributed by atoms with van der Waals surface area (Å²) in [6.07, 6.45) is 4.85. The van der Waals surface area contributed by atoms with Gasteiger partial charge in [-0.05, 0) is 31.0 Å². The molecule has 2 aromatic heterocycles. The maximum absolute atomic E-state index is 12.7. The smallest absolute Gasteiger partial charge is 0.302 e. The van der Waals surface area contributed by atoms with Gasteiger partial charge in [0.25, 0.3) is 0 Å². The van der Waals surface area contributed by atoms with Crippen molar-refractivity contribution in [2.45, 2.75) is 19.8 Å². The second-order valence-electron chi connectivity index (χ2n) is 5.76. The van der Waals surface area contributed by atoms with Crippen LogP contribution in [0.4, 0.5) is 11.8 Å². The summed E-state index contributed by atoms with van der Waals surface area (Å²) >= 11 is 0. The molecule has 25 heavy (non-hydrogen) atoms. The van der Waals surface area contributed by atoms with Crippen molar-refractivity contribution in [2.24, 2.45) is 0 Å². The molecule has 134 valence electrons. The molecule has 1 aliphatic heterocycles. The summed E-state index contributed by atoms with van der Waals surface area (Å²) in [6, 6.07) is 7.11. The molecule has 0 atom stereocenters. The number of hydrogen-bond donors (Lipinski definition) is 1. The van der Waals surface area contributed by atoms with E-state index < -0.39 is 10.2 Å². The second kappa shape index (κ2) is 7.75. The number of nitrogens with one attached hydrogen (secondary N) is 1. The van der Waals surface area contributed by atoms with Crippen LogP contribution in [0.25, 0.3) is 0 Å². The zero-order valence-electron chi connectivity index (χ0n) is 14.2. The molecule has 9 heteroatoms. The van der Waals surface area contributed by atoms with Crippen molar-refractivity contribution in [3.63, 3.8) is 0 Å². The van der Waals surface area contributed by atoms with Gasteiger partial charge < -0.3 is 4.90 Å². The van der Waals surface area contributed by atoms with E-state index >= 15 is 0 Å². The minimum atomic E-state index is -3.64. The molecule has 1 aliphatic rings. The molecule has 3 heterocycles. The molecule has 2 aromatic rings. The van der Waals surface area contributed by atoms with Gasteiger partial charge in [-0.15, -0.1) is 0 Å². The van der Waals surface area contributed by atoms with Crippen molar-refractivity contribution in [1.29, 1.82) is 0 Å². The quantitative estimate of drug-likeness (QED) is 0.862. The average molecular weight is 362 g/mol. The Kier molecular flexibility index (Phi) is 5.44. The first-order chi connectivity index (χ1) is 12.1. The number of rotatable bonds is 5. The SMILES string of the molecule is CCc1cccc(NS(=O)(=O)N2CCCN(c3ncccn3)CC2)n1. The number of hydrogen-bond acceptors (Lipinski definition) is 6. The van der Waals surface area contributed by atoms with E-state index in [1.807, 2.05) is 17.9 Å². The first-order valence-electron chi connectivity index (χ1n) is 8.34. The molecule has 8 nitrogen and oxygen atoms in total. The molecular weight excluding hydrogens is 340 g/mol. The molecule has 1 fully saturated rings. The molecule has 0 unspecified atom stereocenters. The van der Waals surface area contributed by atoms with Crippen LogP contribution < -0.4 is 9.62 Å². The lowest BCUT2D eigenvalue weighted by molar-refractivity contribution is 0.437. The van der Waals surface area contributed by atoms with Crippen LogP contribution in [0.1, 0.15) is 19.0 Å². The van der Waals surface area contributed by atoms with E-state index in [0.29, 0.717) is 37.8 Å². The van der Waals surface area contributed by atoms with Gasteiger partial charge in [0.05, 0.1) is 0 Å². The first kappa shape index (κ1) is 17.6.